The molecule has 6 nitrogen and oxygen atoms in total. The van der Waals surface area contributed by atoms with E-state index in [1.165, 1.54) is 25.7 Å². The van der Waals surface area contributed by atoms with Crippen molar-refractivity contribution in [3.05, 3.63) is 34.6 Å². The Morgan fingerprint density at radius 3 is 2.82 bits per heavy atom. The third-order valence-corrected chi connectivity index (χ3v) is 5.94. The van der Waals surface area contributed by atoms with Crippen molar-refractivity contribution in [2.24, 2.45) is 0 Å². The van der Waals surface area contributed by atoms with Gasteiger partial charge in [-0.3, -0.25) is 4.79 Å². The summed E-state index contributed by atoms with van der Waals surface area (Å²) < 4.78 is 2.32. The van der Waals surface area contributed by atoms with Crippen LogP contribution < -0.4 is 10.6 Å². The van der Waals surface area contributed by atoms with Crippen LogP contribution in [0.15, 0.2) is 23.4 Å². The van der Waals surface area contributed by atoms with Gasteiger partial charge in [0.05, 0.1) is 5.56 Å². The standard InChI is InChI=1S/C20H28ClN5OS/c1-3-22-17-11-10-14(21)13-16(17)19(27)23-12-6-9-18-24-25-20(28-2)26(18)15-7-4-5-8-15/h10-11,13,15,22H,3-9,12H2,1-2H3,(H,23,27). The van der Waals surface area contributed by atoms with Crippen LogP contribution in [0.3, 0.4) is 0 Å². The molecule has 1 amide bonds. The van der Waals surface area contributed by atoms with Crippen molar-refractivity contribution in [2.75, 3.05) is 24.7 Å². The number of benzene rings is 1. The van der Waals surface area contributed by atoms with Crippen LogP contribution in [0.5, 0.6) is 0 Å². The average Bonchev–Trinajstić information content (AvgIpc) is 3.35. The smallest absolute Gasteiger partial charge is 0.253 e. The zero-order chi connectivity index (χ0) is 19.9. The zero-order valence-electron chi connectivity index (χ0n) is 16.5. The maximum atomic E-state index is 12.6. The van der Waals surface area contributed by atoms with E-state index in [-0.39, 0.29) is 5.91 Å². The lowest BCUT2D eigenvalue weighted by Gasteiger charge is -2.16. The number of aryl methyl sites for hydroxylation is 1. The first-order chi connectivity index (χ1) is 13.6. The summed E-state index contributed by atoms with van der Waals surface area (Å²) >= 11 is 7.72. The number of halogens is 1. The Morgan fingerprint density at radius 1 is 1.32 bits per heavy atom. The Kier molecular flexibility index (Phi) is 7.62. The normalized spacial score (nSPS) is 14.4. The highest BCUT2D eigenvalue weighted by molar-refractivity contribution is 7.98. The molecule has 1 heterocycles. The molecule has 0 unspecified atom stereocenters. The van der Waals surface area contributed by atoms with Crippen LogP contribution in [0.25, 0.3) is 0 Å². The van der Waals surface area contributed by atoms with Crippen molar-refractivity contribution in [1.82, 2.24) is 20.1 Å². The third-order valence-electron chi connectivity index (χ3n) is 5.06. The summed E-state index contributed by atoms with van der Waals surface area (Å²) in [5.41, 5.74) is 1.38. The van der Waals surface area contributed by atoms with E-state index in [9.17, 15) is 4.79 Å². The predicted octanol–water partition coefficient (Wildman–Crippen LogP) is 4.56. The molecule has 1 fully saturated rings. The molecule has 1 saturated carbocycles. The van der Waals surface area contributed by atoms with E-state index in [0.717, 1.165) is 36.1 Å². The van der Waals surface area contributed by atoms with Gasteiger partial charge in [0.2, 0.25) is 0 Å². The highest BCUT2D eigenvalue weighted by Gasteiger charge is 2.23. The van der Waals surface area contributed by atoms with Crippen LogP contribution in [-0.4, -0.2) is 40.0 Å². The van der Waals surface area contributed by atoms with Gasteiger partial charge < -0.3 is 15.2 Å². The zero-order valence-corrected chi connectivity index (χ0v) is 18.1. The van der Waals surface area contributed by atoms with Gasteiger partial charge in [-0.15, -0.1) is 10.2 Å². The molecule has 1 aliphatic rings. The number of aromatic nitrogens is 3. The lowest BCUT2D eigenvalue weighted by Crippen LogP contribution is -2.26. The lowest BCUT2D eigenvalue weighted by atomic mass is 10.1. The summed E-state index contributed by atoms with van der Waals surface area (Å²) in [5.74, 6) is 0.919. The molecule has 1 aliphatic carbocycles. The van der Waals surface area contributed by atoms with Crippen LogP contribution in [0, 0.1) is 0 Å². The van der Waals surface area contributed by atoms with Crippen molar-refractivity contribution in [3.8, 4) is 0 Å². The van der Waals surface area contributed by atoms with Gasteiger partial charge in [-0.1, -0.05) is 36.2 Å². The van der Waals surface area contributed by atoms with E-state index in [2.05, 4.69) is 25.4 Å². The molecule has 2 N–H and O–H groups in total. The molecule has 0 bridgehead atoms. The maximum absolute atomic E-state index is 12.6. The van der Waals surface area contributed by atoms with Crippen LogP contribution >= 0.6 is 23.4 Å². The van der Waals surface area contributed by atoms with Gasteiger partial charge in [-0.25, -0.2) is 0 Å². The number of thioether (sulfide) groups is 1. The highest BCUT2D eigenvalue weighted by Crippen LogP contribution is 2.33. The van der Waals surface area contributed by atoms with Gasteiger partial charge in [0.1, 0.15) is 5.82 Å². The lowest BCUT2D eigenvalue weighted by molar-refractivity contribution is 0.0954. The molecule has 152 valence electrons. The summed E-state index contributed by atoms with van der Waals surface area (Å²) in [6.07, 6.45) is 8.64. The second-order valence-corrected chi connectivity index (χ2v) is 8.20. The largest absolute Gasteiger partial charge is 0.385 e. The Morgan fingerprint density at radius 2 is 2.11 bits per heavy atom. The minimum atomic E-state index is -0.111. The van der Waals surface area contributed by atoms with Crippen molar-refractivity contribution >= 4 is 35.0 Å². The predicted molar refractivity (Wildman–Crippen MR) is 116 cm³/mol. The molecule has 0 aliphatic heterocycles. The number of nitrogens with zero attached hydrogens (tertiary/aromatic N) is 3. The highest BCUT2D eigenvalue weighted by atomic mass is 35.5. The van der Waals surface area contributed by atoms with Crippen molar-refractivity contribution in [2.45, 2.75) is 56.6 Å². The number of amides is 1. The SMILES string of the molecule is CCNc1ccc(Cl)cc1C(=O)NCCCc1nnc(SC)n1C1CCCC1. The van der Waals surface area contributed by atoms with E-state index in [0.29, 0.717) is 23.2 Å². The molecule has 3 rings (SSSR count). The fourth-order valence-corrected chi connectivity index (χ4v) is 4.48. The maximum Gasteiger partial charge on any atom is 0.253 e. The fourth-order valence-electron chi connectivity index (χ4n) is 3.74. The summed E-state index contributed by atoms with van der Waals surface area (Å²) in [6.45, 7) is 3.33. The average molecular weight is 422 g/mol. The topological polar surface area (TPSA) is 71.8 Å². The molecule has 0 spiro atoms. The minimum Gasteiger partial charge on any atom is -0.385 e. The monoisotopic (exact) mass is 421 g/mol. The molecular weight excluding hydrogens is 394 g/mol. The quantitative estimate of drug-likeness (QED) is 0.458. The van der Waals surface area contributed by atoms with E-state index < -0.39 is 0 Å². The number of rotatable bonds is 9. The summed E-state index contributed by atoms with van der Waals surface area (Å²) in [4.78, 5) is 12.6. The number of nitrogens with one attached hydrogen (secondary N) is 2. The Bertz CT molecular complexity index is 804. The van der Waals surface area contributed by atoms with E-state index in [4.69, 9.17) is 11.6 Å². The first-order valence-corrected chi connectivity index (χ1v) is 11.5. The van der Waals surface area contributed by atoms with Gasteiger partial charge in [-0.05, 0) is 50.6 Å². The summed E-state index contributed by atoms with van der Waals surface area (Å²) in [6, 6.07) is 5.86. The van der Waals surface area contributed by atoms with Crippen molar-refractivity contribution in [3.63, 3.8) is 0 Å². The van der Waals surface area contributed by atoms with Gasteiger partial charge >= 0.3 is 0 Å². The first kappa shape index (κ1) is 21.0. The van der Waals surface area contributed by atoms with Crippen molar-refractivity contribution in [1.29, 1.82) is 0 Å². The number of hydrogen-bond donors (Lipinski definition) is 2. The number of carbonyl (C=O) groups is 1. The Hall–Kier alpha value is -1.73. The molecule has 0 radical (unpaired) electrons. The summed E-state index contributed by atoms with van der Waals surface area (Å²) in [7, 11) is 0. The van der Waals surface area contributed by atoms with Gasteiger partial charge in [-0.2, -0.15) is 0 Å². The summed E-state index contributed by atoms with van der Waals surface area (Å²) in [5, 5.41) is 16.5. The molecular formula is C20H28ClN5OS. The Labute approximate surface area is 175 Å². The van der Waals surface area contributed by atoms with E-state index in [1.54, 1.807) is 23.9 Å². The van der Waals surface area contributed by atoms with E-state index in [1.807, 2.05) is 19.2 Å². The Balaban J connectivity index is 1.57. The van der Waals surface area contributed by atoms with Gasteiger partial charge in [0.15, 0.2) is 5.16 Å². The molecule has 0 atom stereocenters. The molecule has 0 saturated heterocycles. The number of hydrogen-bond acceptors (Lipinski definition) is 5. The van der Waals surface area contributed by atoms with Crippen LogP contribution in [-0.2, 0) is 6.42 Å². The van der Waals surface area contributed by atoms with Crippen molar-refractivity contribution < 1.29 is 4.79 Å². The molecule has 28 heavy (non-hydrogen) atoms. The number of carbonyl (C=O) groups excluding carboxylic acids is 1. The first-order valence-electron chi connectivity index (χ1n) is 9.93. The second-order valence-electron chi connectivity index (χ2n) is 6.99. The van der Waals surface area contributed by atoms with Gasteiger partial charge in [0, 0.05) is 36.3 Å². The van der Waals surface area contributed by atoms with Crippen LogP contribution in [0.1, 0.15) is 61.3 Å². The second kappa shape index (κ2) is 10.2. The molecule has 8 heteroatoms. The molecule has 2 aromatic rings. The minimum absolute atomic E-state index is 0.111. The van der Waals surface area contributed by atoms with Crippen LogP contribution in [0.2, 0.25) is 5.02 Å². The van der Waals surface area contributed by atoms with E-state index >= 15 is 0 Å². The molecule has 1 aromatic carbocycles. The third kappa shape index (κ3) is 5.00. The van der Waals surface area contributed by atoms with Gasteiger partial charge in [0.25, 0.3) is 5.91 Å². The van der Waals surface area contributed by atoms with Crippen LogP contribution in [0.4, 0.5) is 5.69 Å². The number of anilines is 1. The molecule has 1 aromatic heterocycles. The fraction of sp³-hybridized carbons (Fsp3) is 0.550.